The van der Waals surface area contributed by atoms with Crippen LogP contribution in [0.1, 0.15) is 25.0 Å². The number of benzene rings is 2. The smallest absolute Gasteiger partial charge is 0.408 e. The van der Waals surface area contributed by atoms with Gasteiger partial charge in [-0.3, -0.25) is 9.59 Å². The second-order valence-electron chi connectivity index (χ2n) is 7.19. The van der Waals surface area contributed by atoms with Crippen molar-refractivity contribution in [2.45, 2.75) is 39.0 Å². The summed E-state index contributed by atoms with van der Waals surface area (Å²) in [5.74, 6) is -1.35. The molecule has 0 aliphatic heterocycles. The average molecular weight is 523 g/mol. The van der Waals surface area contributed by atoms with Gasteiger partial charge in [0.15, 0.2) is 0 Å². The van der Waals surface area contributed by atoms with E-state index in [0.717, 1.165) is 14.7 Å². The Labute approximate surface area is 189 Å². The zero-order valence-electron chi connectivity index (χ0n) is 16.9. The van der Waals surface area contributed by atoms with Crippen molar-refractivity contribution in [1.82, 2.24) is 10.6 Å². The Morgan fingerprint density at radius 3 is 2.23 bits per heavy atom. The third kappa shape index (κ3) is 7.33. The zero-order chi connectivity index (χ0) is 22.1. The second kappa shape index (κ2) is 11.5. The number of primary amides is 1. The van der Waals surface area contributed by atoms with Crippen LogP contribution in [0.3, 0.4) is 0 Å². The number of alkyl carbamates (subject to hydrolysis) is 1. The number of hydrogen-bond donors (Lipinski definition) is 3. The van der Waals surface area contributed by atoms with Crippen molar-refractivity contribution in [3.63, 3.8) is 0 Å². The molecule has 0 saturated carbocycles. The molecule has 0 unspecified atom stereocenters. The number of halogens is 1. The Kier molecular flexibility index (Phi) is 9.10. The largest absolute Gasteiger partial charge is 0.445 e. The highest BCUT2D eigenvalue weighted by Crippen LogP contribution is 2.14. The lowest BCUT2D eigenvalue weighted by molar-refractivity contribution is -0.129. The number of hydrogen-bond acceptors (Lipinski definition) is 4. The summed E-state index contributed by atoms with van der Waals surface area (Å²) in [4.78, 5) is 36.9. The molecule has 30 heavy (non-hydrogen) atoms. The first-order chi connectivity index (χ1) is 14.3. The second-order valence-corrected chi connectivity index (χ2v) is 8.35. The normalized spacial score (nSPS) is 12.7. The fourth-order valence-corrected chi connectivity index (χ4v) is 3.40. The monoisotopic (exact) mass is 523 g/mol. The van der Waals surface area contributed by atoms with E-state index < -0.39 is 30.0 Å². The van der Waals surface area contributed by atoms with Gasteiger partial charge in [-0.05, 0) is 45.7 Å². The predicted molar refractivity (Wildman–Crippen MR) is 122 cm³/mol. The molecule has 4 N–H and O–H groups in total. The van der Waals surface area contributed by atoms with E-state index in [1.807, 2.05) is 54.6 Å². The van der Waals surface area contributed by atoms with Crippen molar-refractivity contribution < 1.29 is 19.1 Å². The third-order valence-electron chi connectivity index (χ3n) is 4.48. The summed E-state index contributed by atoms with van der Waals surface area (Å²) in [5, 5.41) is 5.24. The lowest BCUT2D eigenvalue weighted by Crippen LogP contribution is -2.55. The molecule has 0 bridgehead atoms. The molecular formula is C22H26IN3O4. The summed E-state index contributed by atoms with van der Waals surface area (Å²) >= 11 is 2.17. The molecule has 0 aliphatic carbocycles. The van der Waals surface area contributed by atoms with Crippen LogP contribution in [0.4, 0.5) is 4.79 Å². The van der Waals surface area contributed by atoms with Crippen molar-refractivity contribution in [1.29, 1.82) is 0 Å². The fourth-order valence-electron chi connectivity index (χ4n) is 2.79. The summed E-state index contributed by atoms with van der Waals surface area (Å²) in [7, 11) is 0. The molecule has 0 aliphatic rings. The van der Waals surface area contributed by atoms with Gasteiger partial charge < -0.3 is 21.1 Å². The Balaban J connectivity index is 1.99. The van der Waals surface area contributed by atoms with Crippen molar-refractivity contribution in [3.8, 4) is 0 Å². The van der Waals surface area contributed by atoms with Crippen LogP contribution < -0.4 is 16.4 Å². The van der Waals surface area contributed by atoms with Gasteiger partial charge in [-0.2, -0.15) is 0 Å². The minimum absolute atomic E-state index is 0.0927. The maximum absolute atomic E-state index is 12.8. The first-order valence-electron chi connectivity index (χ1n) is 9.58. The maximum Gasteiger partial charge on any atom is 0.408 e. The number of carbonyl (C=O) groups excluding carboxylic acids is 3. The van der Waals surface area contributed by atoms with Crippen LogP contribution in [-0.4, -0.2) is 30.0 Å². The number of nitrogens with two attached hydrogens (primary N) is 1. The molecule has 160 valence electrons. The first kappa shape index (κ1) is 23.7. The van der Waals surface area contributed by atoms with E-state index in [1.165, 1.54) is 0 Å². The van der Waals surface area contributed by atoms with E-state index in [0.29, 0.717) is 0 Å². The van der Waals surface area contributed by atoms with Crippen LogP contribution in [0.2, 0.25) is 0 Å². The molecule has 7 nitrogen and oxygen atoms in total. The fraction of sp³-hybridized carbons (Fsp3) is 0.318. The summed E-state index contributed by atoms with van der Waals surface area (Å²) in [6.07, 6.45) is -0.440. The van der Waals surface area contributed by atoms with Crippen molar-refractivity contribution in [3.05, 3.63) is 69.3 Å². The highest BCUT2D eigenvalue weighted by atomic mass is 127. The van der Waals surface area contributed by atoms with Crippen LogP contribution in [0, 0.1) is 9.49 Å². The Morgan fingerprint density at radius 2 is 1.63 bits per heavy atom. The molecular weight excluding hydrogens is 497 g/mol. The van der Waals surface area contributed by atoms with Crippen LogP contribution in [0.5, 0.6) is 0 Å². The highest BCUT2D eigenvalue weighted by Gasteiger charge is 2.28. The highest BCUT2D eigenvalue weighted by molar-refractivity contribution is 14.1. The quantitative estimate of drug-likeness (QED) is 0.439. The SMILES string of the molecule is CC(C)[C@@H](NC(=O)OCc1ccccc1)C(=O)N[C@@H](Cc1ccccc1I)C(N)=O. The molecule has 0 spiro atoms. The summed E-state index contributed by atoms with van der Waals surface area (Å²) in [6.45, 7) is 3.68. The van der Waals surface area contributed by atoms with Crippen molar-refractivity contribution >= 4 is 40.5 Å². The van der Waals surface area contributed by atoms with Gasteiger partial charge >= 0.3 is 6.09 Å². The molecule has 2 aromatic rings. The molecule has 0 saturated heterocycles. The topological polar surface area (TPSA) is 111 Å². The average Bonchev–Trinajstić information content (AvgIpc) is 2.71. The zero-order valence-corrected chi connectivity index (χ0v) is 19.1. The molecule has 8 heteroatoms. The maximum atomic E-state index is 12.8. The van der Waals surface area contributed by atoms with Gasteiger partial charge in [0.1, 0.15) is 18.7 Å². The summed E-state index contributed by atoms with van der Waals surface area (Å²) < 4.78 is 6.17. The number of ether oxygens (including phenoxy) is 1. The van der Waals surface area contributed by atoms with Gasteiger partial charge in [0.05, 0.1) is 0 Å². The summed E-state index contributed by atoms with van der Waals surface area (Å²) in [6, 6.07) is 15.0. The molecule has 0 fully saturated rings. The lowest BCUT2D eigenvalue weighted by Gasteiger charge is -2.24. The van der Waals surface area contributed by atoms with Gasteiger partial charge in [0.2, 0.25) is 11.8 Å². The molecule has 0 aromatic heterocycles. The molecule has 0 radical (unpaired) electrons. The minimum atomic E-state index is -0.892. The molecule has 0 heterocycles. The molecule has 3 amide bonds. The number of rotatable bonds is 9. The Morgan fingerprint density at radius 1 is 1.00 bits per heavy atom. The van der Waals surface area contributed by atoms with Crippen molar-refractivity contribution in [2.24, 2.45) is 11.7 Å². The predicted octanol–water partition coefficient (Wildman–Crippen LogP) is 2.75. The van der Waals surface area contributed by atoms with Gasteiger partial charge in [0, 0.05) is 9.99 Å². The summed E-state index contributed by atoms with van der Waals surface area (Å²) in [5.41, 5.74) is 7.24. The Hall–Kier alpha value is -2.62. The molecule has 2 aromatic carbocycles. The third-order valence-corrected chi connectivity index (χ3v) is 5.53. The van der Waals surface area contributed by atoms with Gasteiger partial charge in [-0.1, -0.05) is 62.4 Å². The van der Waals surface area contributed by atoms with E-state index >= 15 is 0 Å². The first-order valence-corrected chi connectivity index (χ1v) is 10.7. The lowest BCUT2D eigenvalue weighted by atomic mass is 10.0. The minimum Gasteiger partial charge on any atom is -0.445 e. The number of amides is 3. The Bertz CT molecular complexity index is 874. The van der Waals surface area contributed by atoms with Gasteiger partial charge in [-0.15, -0.1) is 0 Å². The number of carbonyl (C=O) groups is 3. The van der Waals surface area contributed by atoms with Gasteiger partial charge in [0.25, 0.3) is 0 Å². The van der Waals surface area contributed by atoms with E-state index in [2.05, 4.69) is 33.2 Å². The van der Waals surface area contributed by atoms with E-state index in [4.69, 9.17) is 10.5 Å². The van der Waals surface area contributed by atoms with Crippen molar-refractivity contribution in [2.75, 3.05) is 0 Å². The van der Waals surface area contributed by atoms with E-state index in [1.54, 1.807) is 13.8 Å². The van der Waals surface area contributed by atoms with Crippen LogP contribution in [0.25, 0.3) is 0 Å². The van der Waals surface area contributed by atoms with E-state index in [-0.39, 0.29) is 18.9 Å². The van der Waals surface area contributed by atoms with E-state index in [9.17, 15) is 14.4 Å². The van der Waals surface area contributed by atoms with Gasteiger partial charge in [-0.25, -0.2) is 4.79 Å². The molecule has 2 atom stereocenters. The standard InChI is InChI=1S/C22H26IN3O4/c1-14(2)19(26-22(29)30-13-15-8-4-3-5-9-15)21(28)25-18(20(24)27)12-16-10-6-7-11-17(16)23/h3-11,14,18-19H,12-13H2,1-2H3,(H2,24,27)(H,25,28)(H,26,29)/t18-,19+/m0/s1. The number of nitrogens with one attached hydrogen (secondary N) is 2. The van der Waals surface area contributed by atoms with Crippen LogP contribution >= 0.6 is 22.6 Å². The van der Waals surface area contributed by atoms with Crippen LogP contribution in [0.15, 0.2) is 54.6 Å². The molecule has 2 rings (SSSR count). The van der Waals surface area contributed by atoms with Crippen LogP contribution in [-0.2, 0) is 27.4 Å².